The Labute approximate surface area is 124 Å². The van der Waals surface area contributed by atoms with Gasteiger partial charge in [0.2, 0.25) is 0 Å². The Hall–Kier alpha value is -1.98. The molecular weight excluding hydrogens is 305 g/mol. The first kappa shape index (κ1) is 14.4. The largest absolute Gasteiger partial charge is 0.493 e. The summed E-state index contributed by atoms with van der Waals surface area (Å²) < 4.78 is 10.6. The van der Waals surface area contributed by atoms with E-state index in [1.165, 1.54) is 31.4 Å². The maximum Gasteiger partial charge on any atom is 0.269 e. The Morgan fingerprint density at radius 3 is 2.30 bits per heavy atom. The van der Waals surface area contributed by atoms with Crippen LogP contribution in [0.1, 0.15) is 0 Å². The van der Waals surface area contributed by atoms with Crippen molar-refractivity contribution in [2.24, 2.45) is 0 Å². The number of ether oxygens (including phenoxy) is 2. The van der Waals surface area contributed by atoms with Crippen LogP contribution in [0.4, 0.5) is 5.69 Å². The van der Waals surface area contributed by atoms with Crippen LogP contribution < -0.4 is 9.47 Å². The van der Waals surface area contributed by atoms with Gasteiger partial charge in [-0.05, 0) is 24.3 Å². The Morgan fingerprint density at radius 1 is 1.10 bits per heavy atom. The number of benzene rings is 2. The maximum atomic E-state index is 10.6. The summed E-state index contributed by atoms with van der Waals surface area (Å²) in [5.41, 5.74) is -0.0165. The lowest BCUT2D eigenvalue weighted by Gasteiger charge is -2.11. The third kappa shape index (κ3) is 2.95. The molecule has 0 atom stereocenters. The van der Waals surface area contributed by atoms with Crippen molar-refractivity contribution in [3.05, 3.63) is 56.6 Å². The molecule has 0 spiro atoms. The van der Waals surface area contributed by atoms with Gasteiger partial charge < -0.3 is 9.47 Å². The van der Waals surface area contributed by atoms with E-state index in [-0.39, 0.29) is 10.7 Å². The molecule has 0 aromatic heterocycles. The number of rotatable bonds is 4. The molecule has 0 amide bonds. The second kappa shape index (κ2) is 5.98. The molecule has 0 bridgehead atoms. The van der Waals surface area contributed by atoms with Crippen LogP contribution in [-0.4, -0.2) is 12.0 Å². The SMILES string of the molecule is COc1c(Cl)ccc(Oc2ccc([N+](=O)[O-])cc2)c1Cl. The van der Waals surface area contributed by atoms with Gasteiger partial charge in [0.25, 0.3) is 5.69 Å². The van der Waals surface area contributed by atoms with E-state index in [9.17, 15) is 10.1 Å². The van der Waals surface area contributed by atoms with Crippen molar-refractivity contribution in [2.45, 2.75) is 0 Å². The quantitative estimate of drug-likeness (QED) is 0.606. The summed E-state index contributed by atoms with van der Waals surface area (Å²) in [6.45, 7) is 0. The first-order valence-electron chi connectivity index (χ1n) is 5.47. The molecule has 0 aliphatic heterocycles. The molecule has 2 rings (SSSR count). The van der Waals surface area contributed by atoms with Crippen LogP contribution in [0.15, 0.2) is 36.4 Å². The van der Waals surface area contributed by atoms with Gasteiger partial charge in [-0.25, -0.2) is 0 Å². The Morgan fingerprint density at radius 2 is 1.75 bits per heavy atom. The van der Waals surface area contributed by atoms with E-state index in [1.54, 1.807) is 12.1 Å². The van der Waals surface area contributed by atoms with Gasteiger partial charge in [-0.15, -0.1) is 0 Å². The Balaban J connectivity index is 2.28. The number of halogens is 2. The second-order valence-corrected chi connectivity index (χ2v) is 4.53. The van der Waals surface area contributed by atoms with Gasteiger partial charge in [0, 0.05) is 12.1 Å². The molecule has 7 heteroatoms. The molecule has 5 nitrogen and oxygen atoms in total. The topological polar surface area (TPSA) is 61.6 Å². The predicted octanol–water partition coefficient (Wildman–Crippen LogP) is 4.70. The van der Waals surface area contributed by atoms with Gasteiger partial charge in [0.15, 0.2) is 5.75 Å². The standard InChI is InChI=1S/C13H9Cl2NO4/c1-19-13-10(14)6-7-11(12(13)15)20-9-4-2-8(3-5-9)16(17)18/h2-7H,1H3. The maximum absolute atomic E-state index is 10.6. The van der Waals surface area contributed by atoms with Gasteiger partial charge in [-0.3, -0.25) is 10.1 Å². The van der Waals surface area contributed by atoms with E-state index in [4.69, 9.17) is 32.7 Å². The molecule has 0 saturated heterocycles. The number of nitrogens with zero attached hydrogens (tertiary/aromatic N) is 1. The summed E-state index contributed by atoms with van der Waals surface area (Å²) in [7, 11) is 1.45. The molecule has 20 heavy (non-hydrogen) atoms. The summed E-state index contributed by atoms with van der Waals surface area (Å²) in [4.78, 5) is 10.1. The molecule has 0 radical (unpaired) electrons. The summed E-state index contributed by atoms with van der Waals surface area (Å²) in [5.74, 6) is 1.08. The Kier molecular flexibility index (Phi) is 4.32. The van der Waals surface area contributed by atoms with Crippen molar-refractivity contribution >= 4 is 28.9 Å². The van der Waals surface area contributed by atoms with Crippen LogP contribution in [-0.2, 0) is 0 Å². The van der Waals surface area contributed by atoms with E-state index >= 15 is 0 Å². The van der Waals surface area contributed by atoms with Crippen molar-refractivity contribution in [1.29, 1.82) is 0 Å². The first-order chi connectivity index (χ1) is 9.52. The number of methoxy groups -OCH3 is 1. The fourth-order valence-electron chi connectivity index (χ4n) is 1.54. The summed E-state index contributed by atoms with van der Waals surface area (Å²) in [6, 6.07) is 8.83. The predicted molar refractivity (Wildman–Crippen MR) is 76.2 cm³/mol. The van der Waals surface area contributed by atoms with E-state index in [2.05, 4.69) is 0 Å². The van der Waals surface area contributed by atoms with Crippen molar-refractivity contribution in [3.8, 4) is 17.2 Å². The molecule has 0 saturated carbocycles. The second-order valence-electron chi connectivity index (χ2n) is 3.75. The molecule has 2 aromatic carbocycles. The molecular formula is C13H9Cl2NO4. The number of nitro benzene ring substituents is 1. The van der Waals surface area contributed by atoms with E-state index in [0.717, 1.165) is 0 Å². The highest BCUT2D eigenvalue weighted by Crippen LogP contribution is 2.41. The van der Waals surface area contributed by atoms with Crippen molar-refractivity contribution < 1.29 is 14.4 Å². The lowest BCUT2D eigenvalue weighted by atomic mass is 10.3. The van der Waals surface area contributed by atoms with E-state index < -0.39 is 4.92 Å². The molecule has 0 N–H and O–H groups in total. The normalized spacial score (nSPS) is 10.2. The number of nitro groups is 1. The van der Waals surface area contributed by atoms with E-state index in [1.807, 2.05) is 0 Å². The average Bonchev–Trinajstić information content (AvgIpc) is 2.43. The minimum atomic E-state index is -0.484. The Bertz CT molecular complexity index is 644. The van der Waals surface area contributed by atoms with Gasteiger partial charge >= 0.3 is 0 Å². The third-order valence-electron chi connectivity index (χ3n) is 2.49. The average molecular weight is 314 g/mol. The van der Waals surface area contributed by atoms with Crippen molar-refractivity contribution in [1.82, 2.24) is 0 Å². The van der Waals surface area contributed by atoms with Crippen molar-refractivity contribution in [2.75, 3.05) is 7.11 Å². The molecule has 0 heterocycles. The number of non-ortho nitro benzene ring substituents is 1. The van der Waals surface area contributed by atoms with Crippen LogP contribution in [0.25, 0.3) is 0 Å². The summed E-state index contributed by atoms with van der Waals surface area (Å²) in [5, 5.41) is 11.2. The minimum Gasteiger partial charge on any atom is -0.493 e. The fourth-order valence-corrected chi connectivity index (χ4v) is 2.11. The monoisotopic (exact) mass is 313 g/mol. The third-order valence-corrected chi connectivity index (χ3v) is 3.15. The van der Waals surface area contributed by atoms with Crippen molar-refractivity contribution in [3.63, 3.8) is 0 Å². The highest BCUT2D eigenvalue weighted by atomic mass is 35.5. The van der Waals surface area contributed by atoms with Gasteiger partial charge in [-0.1, -0.05) is 23.2 Å². The van der Waals surface area contributed by atoms with Crippen LogP contribution in [0, 0.1) is 10.1 Å². The van der Waals surface area contributed by atoms with Crippen LogP contribution in [0.2, 0.25) is 10.0 Å². The summed E-state index contributed by atoms with van der Waals surface area (Å²) >= 11 is 12.0. The van der Waals surface area contributed by atoms with Crippen LogP contribution in [0.3, 0.4) is 0 Å². The lowest BCUT2D eigenvalue weighted by Crippen LogP contribution is -1.91. The molecule has 0 unspecified atom stereocenters. The zero-order chi connectivity index (χ0) is 14.7. The highest BCUT2D eigenvalue weighted by molar-refractivity contribution is 6.38. The number of hydrogen-bond donors (Lipinski definition) is 0. The molecule has 0 fully saturated rings. The molecule has 0 aliphatic carbocycles. The zero-order valence-corrected chi connectivity index (χ0v) is 11.8. The fraction of sp³-hybridized carbons (Fsp3) is 0.0769. The van der Waals surface area contributed by atoms with Crippen LogP contribution in [0.5, 0.6) is 17.2 Å². The van der Waals surface area contributed by atoms with Crippen LogP contribution >= 0.6 is 23.2 Å². The number of hydrogen-bond acceptors (Lipinski definition) is 4. The van der Waals surface area contributed by atoms with Gasteiger partial charge in [-0.2, -0.15) is 0 Å². The first-order valence-corrected chi connectivity index (χ1v) is 6.23. The lowest BCUT2D eigenvalue weighted by molar-refractivity contribution is -0.384. The highest BCUT2D eigenvalue weighted by Gasteiger charge is 2.13. The minimum absolute atomic E-state index is 0.0165. The molecule has 2 aromatic rings. The zero-order valence-electron chi connectivity index (χ0n) is 10.3. The smallest absolute Gasteiger partial charge is 0.269 e. The molecule has 0 aliphatic rings. The van der Waals surface area contributed by atoms with Gasteiger partial charge in [0.05, 0.1) is 17.1 Å². The van der Waals surface area contributed by atoms with Gasteiger partial charge in [0.1, 0.15) is 16.5 Å². The molecule has 104 valence electrons. The summed E-state index contributed by atoms with van der Waals surface area (Å²) in [6.07, 6.45) is 0. The van der Waals surface area contributed by atoms with E-state index in [0.29, 0.717) is 22.3 Å².